The smallest absolute Gasteiger partial charge is 0.241 e. The SMILES string of the molecule is O=C(CNc1nc(CN2CCOCC2)nc2sc3c(c12)CCCC3)N1CCCC1. The van der Waals surface area contributed by atoms with Gasteiger partial charge in [-0.15, -0.1) is 11.3 Å². The Balaban J connectivity index is 1.43. The van der Waals surface area contributed by atoms with Gasteiger partial charge < -0.3 is 15.0 Å². The predicted molar refractivity (Wildman–Crippen MR) is 114 cm³/mol. The topological polar surface area (TPSA) is 70.6 Å². The highest BCUT2D eigenvalue weighted by atomic mass is 32.1. The third-order valence-electron chi connectivity index (χ3n) is 6.20. The normalized spacial score (nSPS) is 20.2. The number of thiophene rings is 1. The molecule has 1 N–H and O–H groups in total. The van der Waals surface area contributed by atoms with Crippen molar-refractivity contribution >= 4 is 33.3 Å². The Morgan fingerprint density at radius 1 is 1.03 bits per heavy atom. The van der Waals surface area contributed by atoms with Crippen LogP contribution in [0.4, 0.5) is 5.82 Å². The summed E-state index contributed by atoms with van der Waals surface area (Å²) in [6.45, 7) is 6.18. The van der Waals surface area contributed by atoms with Crippen LogP contribution >= 0.6 is 11.3 Å². The Hall–Kier alpha value is -1.77. The average Bonchev–Trinajstić information content (AvgIpc) is 3.40. The fraction of sp³-hybridized carbons (Fsp3) is 0.667. The Kier molecular flexibility index (Phi) is 5.65. The van der Waals surface area contributed by atoms with E-state index in [9.17, 15) is 4.79 Å². The molecule has 3 aliphatic rings. The molecule has 8 heteroatoms. The van der Waals surface area contributed by atoms with Gasteiger partial charge in [0, 0.05) is 31.1 Å². The van der Waals surface area contributed by atoms with Crippen LogP contribution in [-0.2, 0) is 28.9 Å². The minimum Gasteiger partial charge on any atom is -0.379 e. The zero-order chi connectivity index (χ0) is 19.6. The van der Waals surface area contributed by atoms with Gasteiger partial charge in [-0.05, 0) is 44.1 Å². The number of carbonyl (C=O) groups is 1. The van der Waals surface area contributed by atoms with E-state index in [4.69, 9.17) is 14.7 Å². The van der Waals surface area contributed by atoms with Crippen molar-refractivity contribution in [1.29, 1.82) is 0 Å². The molecule has 2 aromatic rings. The highest BCUT2D eigenvalue weighted by Gasteiger charge is 2.23. The molecule has 0 atom stereocenters. The van der Waals surface area contributed by atoms with Crippen LogP contribution in [0, 0.1) is 0 Å². The molecule has 2 aliphatic heterocycles. The van der Waals surface area contributed by atoms with Crippen LogP contribution in [0.15, 0.2) is 0 Å². The molecule has 0 spiro atoms. The standard InChI is InChI=1S/C21H29N5O2S/c27-18(26-7-3-4-8-26)13-22-20-19-15-5-1-2-6-16(15)29-21(19)24-17(23-20)14-25-9-11-28-12-10-25/h1-14H2,(H,22,23,24). The fourth-order valence-corrected chi connectivity index (χ4v) is 5.88. The summed E-state index contributed by atoms with van der Waals surface area (Å²) in [6.07, 6.45) is 6.94. The van der Waals surface area contributed by atoms with Crippen molar-refractivity contribution in [2.45, 2.75) is 45.1 Å². The van der Waals surface area contributed by atoms with Gasteiger partial charge in [-0.2, -0.15) is 0 Å². The molecule has 1 aliphatic carbocycles. The number of fused-ring (bicyclic) bond motifs is 3. The maximum atomic E-state index is 12.6. The van der Waals surface area contributed by atoms with Crippen molar-refractivity contribution in [2.24, 2.45) is 0 Å². The molecule has 7 nitrogen and oxygen atoms in total. The molecule has 156 valence electrons. The molecule has 0 saturated carbocycles. The van der Waals surface area contributed by atoms with Gasteiger partial charge in [0.25, 0.3) is 0 Å². The number of nitrogens with one attached hydrogen (secondary N) is 1. The summed E-state index contributed by atoms with van der Waals surface area (Å²) in [5, 5.41) is 4.56. The summed E-state index contributed by atoms with van der Waals surface area (Å²) >= 11 is 1.82. The fourth-order valence-electron chi connectivity index (χ4n) is 4.60. The number of anilines is 1. The summed E-state index contributed by atoms with van der Waals surface area (Å²) in [5.74, 6) is 1.87. The number of hydrogen-bond acceptors (Lipinski definition) is 7. The number of aromatic nitrogens is 2. The monoisotopic (exact) mass is 415 g/mol. The molecular weight excluding hydrogens is 386 g/mol. The third kappa shape index (κ3) is 4.11. The minimum absolute atomic E-state index is 0.174. The molecule has 29 heavy (non-hydrogen) atoms. The number of hydrogen-bond donors (Lipinski definition) is 1. The first-order chi connectivity index (χ1) is 14.3. The molecule has 0 radical (unpaired) electrons. The first kappa shape index (κ1) is 19.2. The summed E-state index contributed by atoms with van der Waals surface area (Å²) in [6, 6.07) is 0. The molecule has 4 heterocycles. The Bertz CT molecular complexity index is 887. The van der Waals surface area contributed by atoms with E-state index < -0.39 is 0 Å². The van der Waals surface area contributed by atoms with Crippen LogP contribution in [0.25, 0.3) is 10.2 Å². The van der Waals surface area contributed by atoms with Gasteiger partial charge in [-0.1, -0.05) is 0 Å². The van der Waals surface area contributed by atoms with Crippen molar-refractivity contribution in [3.8, 4) is 0 Å². The van der Waals surface area contributed by atoms with Gasteiger partial charge in [-0.25, -0.2) is 9.97 Å². The maximum absolute atomic E-state index is 12.6. The zero-order valence-corrected chi connectivity index (χ0v) is 17.7. The van der Waals surface area contributed by atoms with E-state index in [1.54, 1.807) is 0 Å². The Morgan fingerprint density at radius 2 is 1.83 bits per heavy atom. The van der Waals surface area contributed by atoms with Crippen LogP contribution in [0.1, 0.15) is 41.9 Å². The van der Waals surface area contributed by atoms with E-state index in [1.165, 1.54) is 23.3 Å². The average molecular weight is 416 g/mol. The van der Waals surface area contributed by atoms with E-state index in [-0.39, 0.29) is 5.91 Å². The molecule has 1 amide bonds. The molecule has 5 rings (SSSR count). The lowest BCUT2D eigenvalue weighted by Crippen LogP contribution is -2.36. The Labute approximate surface area is 175 Å². The minimum atomic E-state index is 0.174. The van der Waals surface area contributed by atoms with Crippen LogP contribution < -0.4 is 5.32 Å². The third-order valence-corrected chi connectivity index (χ3v) is 7.38. The summed E-state index contributed by atoms with van der Waals surface area (Å²) < 4.78 is 5.47. The Morgan fingerprint density at radius 3 is 2.66 bits per heavy atom. The van der Waals surface area contributed by atoms with E-state index >= 15 is 0 Å². The van der Waals surface area contributed by atoms with Crippen molar-refractivity contribution in [3.05, 3.63) is 16.3 Å². The second kappa shape index (κ2) is 8.53. The van der Waals surface area contributed by atoms with Crippen molar-refractivity contribution in [2.75, 3.05) is 51.3 Å². The van der Waals surface area contributed by atoms with E-state index in [0.29, 0.717) is 6.54 Å². The van der Waals surface area contributed by atoms with Crippen LogP contribution in [-0.4, -0.2) is 71.6 Å². The van der Waals surface area contributed by atoms with Crippen LogP contribution in [0.3, 0.4) is 0 Å². The highest BCUT2D eigenvalue weighted by molar-refractivity contribution is 7.19. The molecule has 2 saturated heterocycles. The lowest BCUT2D eigenvalue weighted by molar-refractivity contribution is -0.128. The van der Waals surface area contributed by atoms with Gasteiger partial charge in [-0.3, -0.25) is 9.69 Å². The van der Waals surface area contributed by atoms with Crippen molar-refractivity contribution < 1.29 is 9.53 Å². The predicted octanol–water partition coefficient (Wildman–Crippen LogP) is 2.44. The number of carbonyl (C=O) groups excluding carboxylic acids is 1. The quantitative estimate of drug-likeness (QED) is 0.809. The van der Waals surface area contributed by atoms with E-state index in [0.717, 1.165) is 93.5 Å². The lowest BCUT2D eigenvalue weighted by Gasteiger charge is -2.26. The van der Waals surface area contributed by atoms with Crippen molar-refractivity contribution in [3.63, 3.8) is 0 Å². The molecule has 2 fully saturated rings. The molecule has 0 bridgehead atoms. The maximum Gasteiger partial charge on any atom is 0.241 e. The largest absolute Gasteiger partial charge is 0.379 e. The van der Waals surface area contributed by atoms with Gasteiger partial charge >= 0.3 is 0 Å². The first-order valence-electron chi connectivity index (χ1n) is 10.9. The number of amides is 1. The number of morpholine rings is 1. The van der Waals surface area contributed by atoms with Gasteiger partial charge in [0.05, 0.1) is 31.7 Å². The summed E-state index contributed by atoms with van der Waals surface area (Å²) in [7, 11) is 0. The molecular formula is C21H29N5O2S. The summed E-state index contributed by atoms with van der Waals surface area (Å²) in [4.78, 5) is 29.3. The zero-order valence-electron chi connectivity index (χ0n) is 16.9. The number of likely N-dealkylation sites (tertiary alicyclic amines) is 1. The van der Waals surface area contributed by atoms with E-state index in [2.05, 4.69) is 10.2 Å². The first-order valence-corrected chi connectivity index (χ1v) is 11.7. The number of aryl methyl sites for hydroxylation is 2. The van der Waals surface area contributed by atoms with E-state index in [1.807, 2.05) is 16.2 Å². The number of ether oxygens (including phenoxy) is 1. The lowest BCUT2D eigenvalue weighted by atomic mass is 9.97. The van der Waals surface area contributed by atoms with Gasteiger partial charge in [0.2, 0.25) is 5.91 Å². The number of nitrogens with zero attached hydrogens (tertiary/aromatic N) is 4. The molecule has 0 unspecified atom stereocenters. The van der Waals surface area contributed by atoms with Gasteiger partial charge in [0.1, 0.15) is 16.5 Å². The van der Waals surface area contributed by atoms with Crippen molar-refractivity contribution in [1.82, 2.24) is 19.8 Å². The second-order valence-electron chi connectivity index (χ2n) is 8.21. The highest BCUT2D eigenvalue weighted by Crippen LogP contribution is 2.38. The molecule has 2 aromatic heterocycles. The van der Waals surface area contributed by atoms with Crippen LogP contribution in [0.2, 0.25) is 0 Å². The van der Waals surface area contributed by atoms with Gasteiger partial charge in [0.15, 0.2) is 0 Å². The summed E-state index contributed by atoms with van der Waals surface area (Å²) in [5.41, 5.74) is 1.41. The molecule has 0 aromatic carbocycles. The van der Waals surface area contributed by atoms with Crippen LogP contribution in [0.5, 0.6) is 0 Å². The number of rotatable bonds is 5. The second-order valence-corrected chi connectivity index (χ2v) is 9.29.